The van der Waals surface area contributed by atoms with Crippen molar-refractivity contribution in [3.05, 3.63) is 0 Å². The SMILES string of the molecule is C#CCC(NC(=O)C(C)NC(=O)C(C)(C)C)C(=O)O. The van der Waals surface area contributed by atoms with Gasteiger partial charge in [0, 0.05) is 11.8 Å². The number of nitrogens with one attached hydrogen (secondary N) is 2. The van der Waals surface area contributed by atoms with Crippen LogP contribution in [0.15, 0.2) is 0 Å². The fourth-order valence-corrected chi connectivity index (χ4v) is 1.09. The van der Waals surface area contributed by atoms with Gasteiger partial charge in [0.2, 0.25) is 11.8 Å². The molecular formula is C13H20N2O4. The molecule has 0 fully saturated rings. The zero-order valence-corrected chi connectivity index (χ0v) is 11.6. The minimum absolute atomic E-state index is 0.110. The second-order valence-corrected chi connectivity index (χ2v) is 5.25. The van der Waals surface area contributed by atoms with E-state index in [1.54, 1.807) is 20.8 Å². The molecule has 6 heteroatoms. The Balaban J connectivity index is 4.54. The molecule has 19 heavy (non-hydrogen) atoms. The first-order valence-corrected chi connectivity index (χ1v) is 5.87. The summed E-state index contributed by atoms with van der Waals surface area (Å²) in [7, 11) is 0. The Morgan fingerprint density at radius 1 is 1.26 bits per heavy atom. The summed E-state index contributed by atoms with van der Waals surface area (Å²) < 4.78 is 0. The van der Waals surface area contributed by atoms with E-state index in [1.807, 2.05) is 0 Å². The Kier molecular flexibility index (Phi) is 6.06. The van der Waals surface area contributed by atoms with Crippen LogP contribution < -0.4 is 10.6 Å². The molecule has 3 N–H and O–H groups in total. The van der Waals surface area contributed by atoms with E-state index >= 15 is 0 Å². The van der Waals surface area contributed by atoms with E-state index in [1.165, 1.54) is 6.92 Å². The second kappa shape index (κ2) is 6.78. The molecule has 106 valence electrons. The molecule has 0 aliphatic carbocycles. The van der Waals surface area contributed by atoms with Crippen molar-refractivity contribution in [3.63, 3.8) is 0 Å². The van der Waals surface area contributed by atoms with Crippen molar-refractivity contribution in [2.24, 2.45) is 5.41 Å². The second-order valence-electron chi connectivity index (χ2n) is 5.25. The molecule has 6 nitrogen and oxygen atoms in total. The lowest BCUT2D eigenvalue weighted by atomic mass is 9.95. The quantitative estimate of drug-likeness (QED) is 0.618. The number of hydrogen-bond acceptors (Lipinski definition) is 3. The highest BCUT2D eigenvalue weighted by Crippen LogP contribution is 2.12. The highest BCUT2D eigenvalue weighted by Gasteiger charge is 2.27. The van der Waals surface area contributed by atoms with Gasteiger partial charge in [-0.15, -0.1) is 12.3 Å². The molecule has 0 aliphatic heterocycles. The van der Waals surface area contributed by atoms with Gasteiger partial charge in [-0.1, -0.05) is 20.8 Å². The molecule has 0 bridgehead atoms. The number of carbonyl (C=O) groups excluding carboxylic acids is 2. The van der Waals surface area contributed by atoms with Crippen LogP contribution >= 0.6 is 0 Å². The van der Waals surface area contributed by atoms with Gasteiger partial charge in [0.05, 0.1) is 0 Å². The monoisotopic (exact) mass is 268 g/mol. The van der Waals surface area contributed by atoms with Crippen LogP contribution in [0.3, 0.4) is 0 Å². The summed E-state index contributed by atoms with van der Waals surface area (Å²) in [4.78, 5) is 34.3. The summed E-state index contributed by atoms with van der Waals surface area (Å²) in [6.07, 6.45) is 4.91. The number of amides is 2. The average Bonchev–Trinajstić information content (AvgIpc) is 2.26. The number of terminal acetylenes is 1. The van der Waals surface area contributed by atoms with Crippen LogP contribution in [0.1, 0.15) is 34.1 Å². The van der Waals surface area contributed by atoms with Crippen molar-refractivity contribution in [3.8, 4) is 12.3 Å². The molecule has 0 aliphatic rings. The summed E-state index contributed by atoms with van der Waals surface area (Å²) in [6, 6.07) is -1.97. The fourth-order valence-electron chi connectivity index (χ4n) is 1.09. The normalized spacial score (nSPS) is 13.8. The number of rotatable bonds is 5. The van der Waals surface area contributed by atoms with E-state index in [2.05, 4.69) is 16.6 Å². The number of aliphatic carboxylic acids is 1. The van der Waals surface area contributed by atoms with Gasteiger partial charge in [-0.3, -0.25) is 9.59 Å². The lowest BCUT2D eigenvalue weighted by molar-refractivity contribution is -0.142. The smallest absolute Gasteiger partial charge is 0.327 e. The Hall–Kier alpha value is -2.03. The summed E-state index contributed by atoms with van der Waals surface area (Å²) in [6.45, 7) is 6.62. The van der Waals surface area contributed by atoms with Gasteiger partial charge in [-0.25, -0.2) is 4.79 Å². The molecule has 2 unspecified atom stereocenters. The van der Waals surface area contributed by atoms with Crippen LogP contribution in [0, 0.1) is 17.8 Å². The highest BCUT2D eigenvalue weighted by molar-refractivity contribution is 5.91. The van der Waals surface area contributed by atoms with Gasteiger partial charge in [-0.05, 0) is 6.92 Å². The van der Waals surface area contributed by atoms with Gasteiger partial charge in [0.25, 0.3) is 0 Å². The van der Waals surface area contributed by atoms with E-state index in [4.69, 9.17) is 11.5 Å². The van der Waals surface area contributed by atoms with Crippen LogP contribution in [0.25, 0.3) is 0 Å². The highest BCUT2D eigenvalue weighted by atomic mass is 16.4. The lowest BCUT2D eigenvalue weighted by Gasteiger charge is -2.22. The number of hydrogen-bond donors (Lipinski definition) is 3. The first kappa shape index (κ1) is 17.0. The van der Waals surface area contributed by atoms with Crippen LogP contribution in [0.5, 0.6) is 0 Å². The molecule has 0 radical (unpaired) electrons. The standard InChI is InChI=1S/C13H20N2O4/c1-6-7-9(11(17)18)15-10(16)8(2)14-12(19)13(3,4)5/h1,8-9H,7H2,2-5H3,(H,14,19)(H,15,16)(H,17,18). The van der Waals surface area contributed by atoms with Gasteiger partial charge in [0.15, 0.2) is 0 Å². The molecular weight excluding hydrogens is 248 g/mol. The van der Waals surface area contributed by atoms with Gasteiger partial charge in [0.1, 0.15) is 12.1 Å². The number of carboxylic acids is 1. The van der Waals surface area contributed by atoms with E-state index in [-0.39, 0.29) is 12.3 Å². The third-order valence-electron chi connectivity index (χ3n) is 2.36. The molecule has 0 aromatic rings. The summed E-state index contributed by atoms with van der Waals surface area (Å²) in [5, 5.41) is 13.6. The van der Waals surface area contributed by atoms with E-state index in [0.717, 1.165) is 0 Å². The molecule has 2 amide bonds. The molecule has 0 heterocycles. The maximum Gasteiger partial charge on any atom is 0.327 e. The zero-order chi connectivity index (χ0) is 15.2. The van der Waals surface area contributed by atoms with Crippen molar-refractivity contribution in [2.45, 2.75) is 46.2 Å². The third kappa shape index (κ3) is 5.91. The molecule has 0 saturated heterocycles. The van der Waals surface area contributed by atoms with Crippen molar-refractivity contribution in [1.29, 1.82) is 0 Å². The van der Waals surface area contributed by atoms with Crippen LogP contribution in [-0.4, -0.2) is 35.0 Å². The minimum Gasteiger partial charge on any atom is -0.480 e. The molecule has 0 aromatic carbocycles. The Morgan fingerprint density at radius 3 is 2.16 bits per heavy atom. The van der Waals surface area contributed by atoms with Crippen LogP contribution in [-0.2, 0) is 14.4 Å². The van der Waals surface area contributed by atoms with Crippen molar-refractivity contribution >= 4 is 17.8 Å². The Morgan fingerprint density at radius 2 is 1.79 bits per heavy atom. The maximum atomic E-state index is 11.7. The average molecular weight is 268 g/mol. The maximum absolute atomic E-state index is 11.7. The summed E-state index contributed by atoms with van der Waals surface area (Å²) in [5.74, 6) is 0.0921. The van der Waals surface area contributed by atoms with Crippen LogP contribution in [0.4, 0.5) is 0 Å². The van der Waals surface area contributed by atoms with Crippen molar-refractivity contribution in [1.82, 2.24) is 10.6 Å². The van der Waals surface area contributed by atoms with Crippen LogP contribution in [0.2, 0.25) is 0 Å². The Labute approximate surface area is 112 Å². The molecule has 0 saturated carbocycles. The Bertz CT molecular complexity index is 404. The first-order valence-electron chi connectivity index (χ1n) is 5.87. The first-order chi connectivity index (χ1) is 8.59. The van der Waals surface area contributed by atoms with Crippen molar-refractivity contribution < 1.29 is 19.5 Å². The van der Waals surface area contributed by atoms with E-state index in [9.17, 15) is 14.4 Å². The molecule has 0 aromatic heterocycles. The largest absolute Gasteiger partial charge is 0.480 e. The van der Waals surface area contributed by atoms with Gasteiger partial charge < -0.3 is 15.7 Å². The van der Waals surface area contributed by atoms with Crippen molar-refractivity contribution in [2.75, 3.05) is 0 Å². The predicted octanol–water partition coefficient (Wildman–Crippen LogP) is 0.130. The third-order valence-corrected chi connectivity index (χ3v) is 2.36. The molecule has 0 rings (SSSR count). The summed E-state index contributed by atoms with van der Waals surface area (Å²) in [5.41, 5.74) is -0.625. The van der Waals surface area contributed by atoms with Gasteiger partial charge in [-0.2, -0.15) is 0 Å². The molecule has 0 spiro atoms. The van der Waals surface area contributed by atoms with E-state index < -0.39 is 29.4 Å². The molecule has 2 atom stereocenters. The minimum atomic E-state index is -1.21. The predicted molar refractivity (Wildman–Crippen MR) is 70.1 cm³/mol. The summed E-state index contributed by atoms with van der Waals surface area (Å²) >= 11 is 0. The zero-order valence-electron chi connectivity index (χ0n) is 11.6. The lowest BCUT2D eigenvalue weighted by Crippen LogP contribution is -2.52. The van der Waals surface area contributed by atoms with Gasteiger partial charge >= 0.3 is 5.97 Å². The number of carbonyl (C=O) groups is 3. The van der Waals surface area contributed by atoms with E-state index in [0.29, 0.717) is 0 Å². The number of carboxylic acid groups (broad SMARTS) is 1. The fraction of sp³-hybridized carbons (Fsp3) is 0.615. The topological polar surface area (TPSA) is 95.5 Å².